The Morgan fingerprint density at radius 1 is 1.41 bits per heavy atom. The normalized spacial score (nSPS) is 11.1. The average Bonchev–Trinajstić information content (AvgIpc) is 2.14. The largest absolute Gasteiger partial charge is 0.544 e. The molecule has 0 atom stereocenters. The molecule has 1 rings (SSSR count). The van der Waals surface area contributed by atoms with Crippen LogP contribution in [0.2, 0.25) is 19.6 Å². The molecule has 17 heavy (non-hydrogen) atoms. The predicted molar refractivity (Wildman–Crippen MR) is 62.4 cm³/mol. The van der Waals surface area contributed by atoms with Crippen LogP contribution in [-0.2, 0) is 0 Å². The van der Waals surface area contributed by atoms with E-state index in [-0.39, 0.29) is 11.3 Å². The Balaban J connectivity index is 3.28. The second-order valence-electron chi connectivity index (χ2n) is 4.43. The minimum absolute atomic E-state index is 0.0134. The number of hydrogen-bond donors (Lipinski definition) is 0. The predicted octanol–water partition coefficient (Wildman–Crippen LogP) is 2.76. The molecular formula is C10H12FNO4Si. The number of aldehydes is 1. The smallest absolute Gasteiger partial charge is 0.305 e. The van der Waals surface area contributed by atoms with Crippen molar-refractivity contribution in [3.8, 4) is 5.75 Å². The Morgan fingerprint density at radius 2 is 2.00 bits per heavy atom. The van der Waals surface area contributed by atoms with Crippen LogP contribution in [0, 0.1) is 15.9 Å². The van der Waals surface area contributed by atoms with Crippen LogP contribution in [-0.4, -0.2) is 19.5 Å². The van der Waals surface area contributed by atoms with Gasteiger partial charge in [-0.2, -0.15) is 4.39 Å². The lowest BCUT2D eigenvalue weighted by Gasteiger charge is -2.20. The van der Waals surface area contributed by atoms with Crippen molar-refractivity contribution in [2.45, 2.75) is 19.6 Å². The summed E-state index contributed by atoms with van der Waals surface area (Å²) in [4.78, 5) is 20.4. The SMILES string of the molecule is C[Si](C)(C)Oc1cc(F)c([N+](=O)[O-])cc1C=O. The first-order valence-corrected chi connectivity index (χ1v) is 8.27. The van der Waals surface area contributed by atoms with Crippen LogP contribution in [0.15, 0.2) is 12.1 Å². The van der Waals surface area contributed by atoms with Crippen LogP contribution in [0.5, 0.6) is 5.75 Å². The molecule has 0 unspecified atom stereocenters. The van der Waals surface area contributed by atoms with Crippen LogP contribution in [0.4, 0.5) is 10.1 Å². The summed E-state index contributed by atoms with van der Waals surface area (Å²) in [5.74, 6) is -0.948. The monoisotopic (exact) mass is 257 g/mol. The van der Waals surface area contributed by atoms with Gasteiger partial charge in [0.2, 0.25) is 14.1 Å². The van der Waals surface area contributed by atoms with Gasteiger partial charge in [0.1, 0.15) is 5.75 Å². The number of nitrogens with zero attached hydrogens (tertiary/aromatic N) is 1. The third-order valence-electron chi connectivity index (χ3n) is 1.82. The van der Waals surface area contributed by atoms with E-state index in [0.29, 0.717) is 6.29 Å². The van der Waals surface area contributed by atoms with Crippen molar-refractivity contribution < 1.29 is 18.5 Å². The van der Waals surface area contributed by atoms with Crippen LogP contribution in [0.25, 0.3) is 0 Å². The number of carbonyl (C=O) groups is 1. The maximum Gasteiger partial charge on any atom is 0.305 e. The molecule has 0 heterocycles. The van der Waals surface area contributed by atoms with Crippen molar-refractivity contribution >= 4 is 20.3 Å². The van der Waals surface area contributed by atoms with Gasteiger partial charge in [0, 0.05) is 12.1 Å². The Labute approximate surface area is 98.5 Å². The molecule has 0 N–H and O–H groups in total. The molecule has 7 heteroatoms. The Bertz CT molecular complexity index is 470. The van der Waals surface area contributed by atoms with Gasteiger partial charge < -0.3 is 4.43 Å². The van der Waals surface area contributed by atoms with Gasteiger partial charge in [0.15, 0.2) is 6.29 Å². The molecule has 0 bridgehead atoms. The molecule has 0 fully saturated rings. The van der Waals surface area contributed by atoms with Gasteiger partial charge in [-0.3, -0.25) is 14.9 Å². The molecule has 0 aliphatic carbocycles. The van der Waals surface area contributed by atoms with E-state index in [1.165, 1.54) is 0 Å². The van der Waals surface area contributed by atoms with Crippen molar-refractivity contribution in [1.29, 1.82) is 0 Å². The molecule has 0 aromatic heterocycles. The lowest BCUT2D eigenvalue weighted by atomic mass is 10.2. The van der Waals surface area contributed by atoms with Gasteiger partial charge in [-0.1, -0.05) is 0 Å². The van der Waals surface area contributed by atoms with Gasteiger partial charge in [0.05, 0.1) is 10.5 Å². The van der Waals surface area contributed by atoms with Gasteiger partial charge in [-0.05, 0) is 19.6 Å². The van der Waals surface area contributed by atoms with E-state index in [9.17, 15) is 19.3 Å². The lowest BCUT2D eigenvalue weighted by molar-refractivity contribution is -0.387. The lowest BCUT2D eigenvalue weighted by Crippen LogP contribution is -2.29. The highest BCUT2D eigenvalue weighted by Crippen LogP contribution is 2.28. The van der Waals surface area contributed by atoms with Crippen molar-refractivity contribution in [3.63, 3.8) is 0 Å². The number of nitro benzene ring substituents is 1. The van der Waals surface area contributed by atoms with E-state index in [4.69, 9.17) is 4.43 Å². The standard InChI is InChI=1S/C10H12FNO4Si/c1-17(2,3)16-10-5-8(11)9(12(14)15)4-7(10)6-13/h4-6H,1-3H3. The first kappa shape index (κ1) is 13.3. The third-order valence-corrected chi connectivity index (χ3v) is 2.65. The average molecular weight is 257 g/mol. The van der Waals surface area contributed by atoms with E-state index in [2.05, 4.69) is 0 Å². The van der Waals surface area contributed by atoms with Crippen LogP contribution in [0.1, 0.15) is 10.4 Å². The minimum Gasteiger partial charge on any atom is -0.544 e. The summed E-state index contributed by atoms with van der Waals surface area (Å²) in [7, 11) is -2.01. The van der Waals surface area contributed by atoms with E-state index < -0.39 is 24.7 Å². The summed E-state index contributed by atoms with van der Waals surface area (Å²) in [5, 5.41) is 10.5. The maximum atomic E-state index is 13.4. The van der Waals surface area contributed by atoms with Crippen molar-refractivity contribution in [2.75, 3.05) is 0 Å². The van der Waals surface area contributed by atoms with Gasteiger partial charge in [-0.15, -0.1) is 0 Å². The van der Waals surface area contributed by atoms with Crippen molar-refractivity contribution in [2.24, 2.45) is 0 Å². The third kappa shape index (κ3) is 3.35. The van der Waals surface area contributed by atoms with E-state index in [1.807, 2.05) is 19.6 Å². The molecule has 5 nitrogen and oxygen atoms in total. The summed E-state index contributed by atoms with van der Waals surface area (Å²) in [5.41, 5.74) is -0.740. The zero-order valence-electron chi connectivity index (χ0n) is 9.69. The number of nitro groups is 1. The Hall–Kier alpha value is -1.76. The van der Waals surface area contributed by atoms with Crippen molar-refractivity contribution in [1.82, 2.24) is 0 Å². The van der Waals surface area contributed by atoms with E-state index in [1.54, 1.807) is 0 Å². The number of hydrogen-bond acceptors (Lipinski definition) is 4. The molecular weight excluding hydrogens is 245 g/mol. The molecule has 0 aliphatic rings. The number of benzene rings is 1. The summed E-state index contributed by atoms with van der Waals surface area (Å²) in [6.45, 7) is 5.59. The molecule has 0 radical (unpaired) electrons. The minimum atomic E-state index is -2.01. The van der Waals surface area contributed by atoms with Gasteiger partial charge in [0.25, 0.3) is 0 Å². The van der Waals surface area contributed by atoms with Crippen molar-refractivity contribution in [3.05, 3.63) is 33.6 Å². The van der Waals surface area contributed by atoms with Crippen LogP contribution < -0.4 is 4.43 Å². The summed E-state index contributed by atoms with van der Waals surface area (Å²) in [6.07, 6.45) is 0.419. The van der Waals surface area contributed by atoms with E-state index >= 15 is 0 Å². The summed E-state index contributed by atoms with van der Waals surface area (Å²) >= 11 is 0. The topological polar surface area (TPSA) is 69.4 Å². The molecule has 92 valence electrons. The number of rotatable bonds is 4. The molecule has 0 spiro atoms. The van der Waals surface area contributed by atoms with Gasteiger partial charge in [-0.25, -0.2) is 0 Å². The van der Waals surface area contributed by atoms with Crippen LogP contribution in [0.3, 0.4) is 0 Å². The maximum absolute atomic E-state index is 13.4. The highest BCUT2D eigenvalue weighted by Gasteiger charge is 2.23. The molecule has 0 saturated carbocycles. The molecule has 1 aromatic carbocycles. The Kier molecular flexibility index (Phi) is 3.62. The fourth-order valence-electron chi connectivity index (χ4n) is 1.21. The highest BCUT2D eigenvalue weighted by molar-refractivity contribution is 6.70. The first-order valence-electron chi connectivity index (χ1n) is 4.87. The van der Waals surface area contributed by atoms with E-state index in [0.717, 1.165) is 12.1 Å². The second-order valence-corrected chi connectivity index (χ2v) is 8.86. The number of carbonyl (C=O) groups excluding carboxylic acids is 1. The fraction of sp³-hybridized carbons (Fsp3) is 0.300. The molecule has 0 amide bonds. The van der Waals surface area contributed by atoms with Crippen LogP contribution >= 0.6 is 0 Å². The molecule has 0 aliphatic heterocycles. The molecule has 1 aromatic rings. The first-order chi connectivity index (χ1) is 7.74. The molecule has 0 saturated heterocycles. The zero-order chi connectivity index (χ0) is 13.2. The summed E-state index contributed by atoms with van der Waals surface area (Å²) < 4.78 is 18.9. The van der Waals surface area contributed by atoms with Gasteiger partial charge >= 0.3 is 5.69 Å². The fourth-order valence-corrected chi connectivity index (χ4v) is 2.05. The second kappa shape index (κ2) is 4.62. The summed E-state index contributed by atoms with van der Waals surface area (Å²) in [6, 6.07) is 1.78. The Morgan fingerprint density at radius 3 is 2.41 bits per heavy atom. The quantitative estimate of drug-likeness (QED) is 0.360. The number of halogens is 1. The highest BCUT2D eigenvalue weighted by atomic mass is 28.4. The zero-order valence-corrected chi connectivity index (χ0v) is 10.7.